The lowest BCUT2D eigenvalue weighted by Gasteiger charge is -2.21. The third kappa shape index (κ3) is 5.10. The van der Waals surface area contributed by atoms with Gasteiger partial charge in [-0.3, -0.25) is 10.1 Å². The monoisotopic (exact) mass is 364 g/mol. The zero-order chi connectivity index (χ0) is 18.4. The summed E-state index contributed by atoms with van der Waals surface area (Å²) in [6, 6.07) is 12.9. The molecule has 0 spiro atoms. The summed E-state index contributed by atoms with van der Waals surface area (Å²) in [6.45, 7) is 0. The van der Waals surface area contributed by atoms with Crippen LogP contribution in [-0.4, -0.2) is 36.7 Å². The Labute approximate surface area is 145 Å². The predicted molar refractivity (Wildman–Crippen MR) is 90.7 cm³/mol. The smallest absolute Gasteiger partial charge is 0.330 e. The maximum absolute atomic E-state index is 12.4. The molecule has 0 aromatic heterocycles. The molecule has 0 saturated carbocycles. The Kier molecular flexibility index (Phi) is 6.20. The molecule has 0 N–H and O–H groups in total. The van der Waals surface area contributed by atoms with Gasteiger partial charge in [-0.05, 0) is 24.1 Å². The predicted octanol–water partition coefficient (Wildman–Crippen LogP) is 1.57. The van der Waals surface area contributed by atoms with E-state index in [0.29, 0.717) is 0 Å². The lowest BCUT2D eigenvalue weighted by Crippen LogP contribution is -2.41. The number of non-ortho nitro benzene ring substituents is 1. The largest absolute Gasteiger partial charge is 0.425 e. The molecule has 0 radical (unpaired) electrons. The number of ether oxygens (including phenoxy) is 1. The van der Waals surface area contributed by atoms with Gasteiger partial charge in [0.05, 0.1) is 4.92 Å². The summed E-state index contributed by atoms with van der Waals surface area (Å²) >= 11 is 0. The molecule has 2 aromatic carbocycles. The summed E-state index contributed by atoms with van der Waals surface area (Å²) in [6.07, 6.45) is 0.145. The molecule has 0 aliphatic heterocycles. The fourth-order valence-electron chi connectivity index (χ4n) is 2.14. The van der Waals surface area contributed by atoms with Gasteiger partial charge in [0, 0.05) is 19.2 Å². The van der Waals surface area contributed by atoms with Crippen molar-refractivity contribution in [3.05, 3.63) is 70.3 Å². The number of carbonyl (C=O) groups excluding carboxylic acids is 1. The number of thiol groups is 1. The van der Waals surface area contributed by atoms with Crippen LogP contribution in [0.5, 0.6) is 5.75 Å². The lowest BCUT2D eigenvalue weighted by atomic mass is 10.1. The molecule has 0 unspecified atom stereocenters. The maximum atomic E-state index is 12.4. The zero-order valence-electron chi connectivity index (χ0n) is 13.3. The molecule has 2 aromatic rings. The topological polar surface area (TPSA) is 107 Å². The van der Waals surface area contributed by atoms with Crippen LogP contribution in [0.2, 0.25) is 0 Å². The minimum atomic E-state index is -2.97. The van der Waals surface area contributed by atoms with E-state index in [4.69, 9.17) is 4.74 Å². The minimum Gasteiger partial charge on any atom is -0.425 e. The molecule has 0 bridgehead atoms. The first kappa shape index (κ1) is 18.6. The Bertz CT molecular complexity index is 812. The van der Waals surface area contributed by atoms with Crippen molar-refractivity contribution < 1.29 is 22.9 Å². The van der Waals surface area contributed by atoms with Gasteiger partial charge in [-0.2, -0.15) is 4.31 Å². The molecular weight excluding hydrogens is 348 g/mol. The van der Waals surface area contributed by atoms with Gasteiger partial charge in [0.2, 0.25) is 10.9 Å². The molecule has 0 saturated heterocycles. The van der Waals surface area contributed by atoms with Gasteiger partial charge in [0.1, 0.15) is 11.8 Å². The molecule has 132 valence electrons. The van der Waals surface area contributed by atoms with Crippen molar-refractivity contribution in [1.82, 2.24) is 4.31 Å². The SMILES string of the molecule is CN([C@@H](Cc1ccccc1)C(=O)Oc1ccc([N+](=O)[O-])cc1)[SH](=O)=O. The van der Waals surface area contributed by atoms with Crippen molar-refractivity contribution in [2.24, 2.45) is 0 Å². The first-order chi connectivity index (χ1) is 11.9. The normalized spacial score (nSPS) is 12.1. The number of carbonyl (C=O) groups is 1. The number of likely N-dealkylation sites (N-methyl/N-ethyl adjacent to an activating group) is 1. The Morgan fingerprint density at radius 2 is 1.76 bits per heavy atom. The van der Waals surface area contributed by atoms with E-state index in [0.717, 1.165) is 9.87 Å². The van der Waals surface area contributed by atoms with E-state index in [1.165, 1.54) is 31.3 Å². The van der Waals surface area contributed by atoms with Gasteiger partial charge < -0.3 is 4.74 Å². The summed E-state index contributed by atoms with van der Waals surface area (Å²) in [7, 11) is -1.69. The van der Waals surface area contributed by atoms with Gasteiger partial charge in [-0.15, -0.1) is 0 Å². The summed E-state index contributed by atoms with van der Waals surface area (Å²) < 4.78 is 28.7. The molecule has 0 aliphatic rings. The number of rotatable bonds is 7. The number of nitrogens with zero attached hydrogens (tertiary/aromatic N) is 2. The summed E-state index contributed by atoms with van der Waals surface area (Å²) in [5.41, 5.74) is 0.636. The summed E-state index contributed by atoms with van der Waals surface area (Å²) in [4.78, 5) is 22.5. The van der Waals surface area contributed by atoms with Crippen LogP contribution < -0.4 is 4.74 Å². The molecule has 0 amide bonds. The molecule has 0 heterocycles. The molecule has 2 rings (SSSR count). The van der Waals surface area contributed by atoms with Crippen molar-refractivity contribution in [3.8, 4) is 5.75 Å². The number of nitro benzene ring substituents is 1. The second-order valence-corrected chi connectivity index (χ2v) is 6.30. The number of benzene rings is 2. The second-order valence-electron chi connectivity index (χ2n) is 5.19. The second kappa shape index (κ2) is 8.36. The number of hydrogen-bond acceptors (Lipinski definition) is 6. The lowest BCUT2D eigenvalue weighted by molar-refractivity contribution is -0.384. The van der Waals surface area contributed by atoms with Crippen molar-refractivity contribution in [3.63, 3.8) is 0 Å². The Morgan fingerprint density at radius 3 is 2.28 bits per heavy atom. The highest BCUT2D eigenvalue weighted by atomic mass is 32.2. The highest BCUT2D eigenvalue weighted by Gasteiger charge is 2.27. The first-order valence-corrected chi connectivity index (χ1v) is 8.38. The minimum absolute atomic E-state index is 0.100. The van der Waals surface area contributed by atoms with Crippen molar-refractivity contribution in [2.45, 2.75) is 12.5 Å². The Morgan fingerprint density at radius 1 is 1.16 bits per heavy atom. The van der Waals surface area contributed by atoms with Crippen LogP contribution >= 0.6 is 0 Å². The molecular formula is C16H16N2O6S. The van der Waals surface area contributed by atoms with Gasteiger partial charge in [0.15, 0.2) is 0 Å². The average molecular weight is 364 g/mol. The van der Waals surface area contributed by atoms with Crippen LogP contribution in [0.4, 0.5) is 5.69 Å². The van der Waals surface area contributed by atoms with Crippen LogP contribution in [-0.2, 0) is 22.1 Å². The highest BCUT2D eigenvalue weighted by Crippen LogP contribution is 2.19. The Hall–Kier alpha value is -2.78. The van der Waals surface area contributed by atoms with Crippen LogP contribution in [0, 0.1) is 10.1 Å². The van der Waals surface area contributed by atoms with E-state index in [1.807, 2.05) is 6.07 Å². The maximum Gasteiger partial charge on any atom is 0.330 e. The highest BCUT2D eigenvalue weighted by molar-refractivity contribution is 7.69. The van der Waals surface area contributed by atoms with Gasteiger partial charge >= 0.3 is 5.97 Å². The third-order valence-corrected chi connectivity index (χ3v) is 4.31. The van der Waals surface area contributed by atoms with Gasteiger partial charge in [0.25, 0.3) is 5.69 Å². The number of hydrogen-bond donors (Lipinski definition) is 1. The third-order valence-electron chi connectivity index (χ3n) is 3.52. The molecule has 0 aliphatic carbocycles. The van der Waals surface area contributed by atoms with E-state index >= 15 is 0 Å². The quantitative estimate of drug-likeness (QED) is 0.263. The fourth-order valence-corrected chi connectivity index (χ4v) is 2.54. The standard InChI is InChI=1S/C16H16N2O6S/c1-17(25(22)23)15(11-12-5-3-2-4-6-12)16(19)24-14-9-7-13(8-10-14)18(20)21/h2-10,15,25H,11H2,1H3/t15-/m0/s1. The number of esters is 1. The number of nitro groups is 1. The van der Waals surface area contributed by atoms with E-state index < -0.39 is 27.8 Å². The van der Waals surface area contributed by atoms with E-state index in [2.05, 4.69) is 0 Å². The molecule has 0 fully saturated rings. The van der Waals surface area contributed by atoms with Crippen molar-refractivity contribution >= 4 is 22.5 Å². The molecule has 1 atom stereocenters. The van der Waals surface area contributed by atoms with Crippen molar-refractivity contribution in [2.75, 3.05) is 7.05 Å². The molecule has 9 heteroatoms. The van der Waals surface area contributed by atoms with E-state index in [1.54, 1.807) is 24.3 Å². The van der Waals surface area contributed by atoms with Crippen LogP contribution in [0.1, 0.15) is 5.56 Å². The van der Waals surface area contributed by atoms with Crippen LogP contribution in [0.3, 0.4) is 0 Å². The average Bonchev–Trinajstić information content (AvgIpc) is 2.60. The zero-order valence-corrected chi connectivity index (χ0v) is 14.2. The van der Waals surface area contributed by atoms with Crippen LogP contribution in [0.15, 0.2) is 54.6 Å². The van der Waals surface area contributed by atoms with Gasteiger partial charge in [-0.1, -0.05) is 30.3 Å². The van der Waals surface area contributed by atoms with Gasteiger partial charge in [-0.25, -0.2) is 13.2 Å². The van der Waals surface area contributed by atoms with Crippen LogP contribution in [0.25, 0.3) is 0 Å². The first-order valence-electron chi connectivity index (χ1n) is 7.25. The summed E-state index contributed by atoms with van der Waals surface area (Å²) in [5, 5.41) is 10.6. The summed E-state index contributed by atoms with van der Waals surface area (Å²) in [5.74, 6) is -0.664. The fraction of sp³-hybridized carbons (Fsp3) is 0.188. The van der Waals surface area contributed by atoms with E-state index in [9.17, 15) is 23.3 Å². The molecule has 8 nitrogen and oxygen atoms in total. The van der Waals surface area contributed by atoms with E-state index in [-0.39, 0.29) is 17.9 Å². The molecule has 25 heavy (non-hydrogen) atoms. The van der Waals surface area contributed by atoms with Crippen molar-refractivity contribution in [1.29, 1.82) is 0 Å². The Balaban J connectivity index is 2.18.